The number of aliphatic hydroxyl groups is 1. The Kier molecular flexibility index (Phi) is 4.75. The van der Waals surface area contributed by atoms with E-state index in [1.165, 1.54) is 6.07 Å². The highest BCUT2D eigenvalue weighted by Gasteiger charge is 2.37. The van der Waals surface area contributed by atoms with E-state index in [-0.39, 0.29) is 5.75 Å². The highest BCUT2D eigenvalue weighted by atomic mass is 19.4. The van der Waals surface area contributed by atoms with Crippen LogP contribution in [0.1, 0.15) is 29.5 Å². The van der Waals surface area contributed by atoms with Gasteiger partial charge in [0.15, 0.2) is 0 Å². The number of rotatable bonds is 3. The highest BCUT2D eigenvalue weighted by Crippen LogP contribution is 2.37. The molecule has 0 amide bonds. The first-order valence-electron chi connectivity index (χ1n) is 8.17. The number of piperidine rings is 1. The molecule has 0 unspecified atom stereocenters. The number of alkyl halides is 3. The van der Waals surface area contributed by atoms with Gasteiger partial charge >= 0.3 is 6.18 Å². The zero-order valence-corrected chi connectivity index (χ0v) is 13.6. The second-order valence-electron chi connectivity index (χ2n) is 6.56. The van der Waals surface area contributed by atoms with Crippen molar-refractivity contribution in [3.8, 4) is 5.75 Å². The number of aromatic hydroxyl groups is 1. The zero-order chi connectivity index (χ0) is 18.1. The Morgan fingerprint density at radius 2 is 1.68 bits per heavy atom. The smallest absolute Gasteiger partial charge is 0.416 e. The van der Waals surface area contributed by atoms with Crippen LogP contribution in [0.5, 0.6) is 5.75 Å². The summed E-state index contributed by atoms with van der Waals surface area (Å²) >= 11 is 0. The molecule has 6 heteroatoms. The lowest BCUT2D eigenvalue weighted by atomic mass is 9.83. The monoisotopic (exact) mass is 351 g/mol. The summed E-state index contributed by atoms with van der Waals surface area (Å²) in [6.45, 7) is 1.78. The maximum atomic E-state index is 12.9. The van der Waals surface area contributed by atoms with Crippen molar-refractivity contribution < 1.29 is 23.4 Å². The predicted molar refractivity (Wildman–Crippen MR) is 88.0 cm³/mol. The van der Waals surface area contributed by atoms with Crippen LogP contribution in [0.25, 0.3) is 0 Å². The van der Waals surface area contributed by atoms with E-state index in [0.717, 1.165) is 17.7 Å². The number of halogens is 3. The Labute approximate surface area is 144 Å². The number of hydrogen-bond acceptors (Lipinski definition) is 3. The lowest BCUT2D eigenvalue weighted by Crippen LogP contribution is -2.42. The van der Waals surface area contributed by atoms with Gasteiger partial charge in [-0.2, -0.15) is 13.2 Å². The van der Waals surface area contributed by atoms with E-state index < -0.39 is 17.3 Å². The molecule has 0 spiro atoms. The fourth-order valence-electron chi connectivity index (χ4n) is 3.27. The topological polar surface area (TPSA) is 43.7 Å². The molecular formula is C19H20F3NO2. The van der Waals surface area contributed by atoms with Crippen LogP contribution in [0.15, 0.2) is 48.5 Å². The molecule has 0 aromatic heterocycles. The third-order valence-corrected chi connectivity index (χ3v) is 4.73. The molecule has 0 radical (unpaired) electrons. The molecule has 3 nitrogen and oxygen atoms in total. The fraction of sp³-hybridized carbons (Fsp3) is 0.368. The molecule has 2 aromatic rings. The third-order valence-electron chi connectivity index (χ3n) is 4.73. The Bertz CT molecular complexity index is 737. The van der Waals surface area contributed by atoms with Crippen molar-refractivity contribution >= 4 is 0 Å². The summed E-state index contributed by atoms with van der Waals surface area (Å²) in [6, 6.07) is 11.9. The van der Waals surface area contributed by atoms with Crippen LogP contribution < -0.4 is 0 Å². The van der Waals surface area contributed by atoms with Crippen molar-refractivity contribution in [2.75, 3.05) is 13.1 Å². The van der Waals surface area contributed by atoms with E-state index in [2.05, 4.69) is 4.90 Å². The van der Waals surface area contributed by atoms with Crippen LogP contribution in [0.3, 0.4) is 0 Å². The van der Waals surface area contributed by atoms with Crippen LogP contribution in [-0.2, 0) is 18.3 Å². The molecule has 25 heavy (non-hydrogen) atoms. The predicted octanol–water partition coefficient (Wildman–Crippen LogP) is 3.89. The van der Waals surface area contributed by atoms with Crippen LogP contribution in [0.4, 0.5) is 13.2 Å². The maximum absolute atomic E-state index is 12.9. The Morgan fingerprint density at radius 3 is 2.32 bits per heavy atom. The van der Waals surface area contributed by atoms with E-state index in [1.54, 1.807) is 24.3 Å². The van der Waals surface area contributed by atoms with Gasteiger partial charge in [0.1, 0.15) is 5.75 Å². The van der Waals surface area contributed by atoms with Gasteiger partial charge in [-0.05, 0) is 48.2 Å². The zero-order valence-electron chi connectivity index (χ0n) is 13.6. The van der Waals surface area contributed by atoms with Crippen LogP contribution in [0, 0.1) is 0 Å². The number of likely N-dealkylation sites (tertiary alicyclic amines) is 1. The lowest BCUT2D eigenvalue weighted by Gasteiger charge is -2.38. The van der Waals surface area contributed by atoms with Gasteiger partial charge in [0, 0.05) is 19.6 Å². The first kappa shape index (κ1) is 17.8. The Morgan fingerprint density at radius 1 is 1.00 bits per heavy atom. The van der Waals surface area contributed by atoms with Crippen molar-refractivity contribution in [2.24, 2.45) is 0 Å². The summed E-state index contributed by atoms with van der Waals surface area (Å²) in [7, 11) is 0. The molecular weight excluding hydrogens is 331 g/mol. The number of phenols is 1. The summed E-state index contributed by atoms with van der Waals surface area (Å²) in [4.78, 5) is 2.12. The minimum atomic E-state index is -4.41. The minimum Gasteiger partial charge on any atom is -0.508 e. The number of phenolic OH excluding ortho intramolecular Hbond substituents is 1. The molecule has 1 fully saturated rings. The normalized spacial score (nSPS) is 18.2. The average Bonchev–Trinajstić information content (AvgIpc) is 2.57. The van der Waals surface area contributed by atoms with Gasteiger partial charge in [0.2, 0.25) is 0 Å². The minimum absolute atomic E-state index is 0.204. The molecule has 3 rings (SSSR count). The standard InChI is InChI=1S/C19H20F3NO2/c20-19(21,22)16-5-2-4-15(12-16)18(25)7-9-23(10-8-18)13-14-3-1-6-17(24)11-14/h1-6,11-12,24-25H,7-10,13H2. The maximum Gasteiger partial charge on any atom is 0.416 e. The SMILES string of the molecule is Oc1cccc(CN2CCC(O)(c3cccc(C(F)(F)F)c3)CC2)c1. The van der Waals surface area contributed by atoms with Gasteiger partial charge in [0.05, 0.1) is 11.2 Å². The molecule has 0 bridgehead atoms. The van der Waals surface area contributed by atoms with Gasteiger partial charge in [-0.25, -0.2) is 0 Å². The average molecular weight is 351 g/mol. The summed E-state index contributed by atoms with van der Waals surface area (Å²) in [5.41, 5.74) is -0.694. The number of hydrogen-bond donors (Lipinski definition) is 2. The van der Waals surface area contributed by atoms with Crippen molar-refractivity contribution in [1.29, 1.82) is 0 Å². The molecule has 1 aliphatic rings. The molecule has 1 heterocycles. The van der Waals surface area contributed by atoms with Crippen LogP contribution in [0.2, 0.25) is 0 Å². The van der Waals surface area contributed by atoms with E-state index in [1.807, 2.05) is 6.07 Å². The molecule has 134 valence electrons. The van der Waals surface area contributed by atoms with Crippen molar-refractivity contribution in [2.45, 2.75) is 31.2 Å². The van der Waals surface area contributed by atoms with Crippen molar-refractivity contribution in [3.05, 3.63) is 65.2 Å². The highest BCUT2D eigenvalue weighted by molar-refractivity contribution is 5.31. The molecule has 0 atom stereocenters. The van der Waals surface area contributed by atoms with E-state index in [0.29, 0.717) is 38.0 Å². The molecule has 1 aliphatic heterocycles. The molecule has 1 saturated heterocycles. The van der Waals surface area contributed by atoms with Gasteiger partial charge in [-0.1, -0.05) is 24.3 Å². The third kappa shape index (κ3) is 4.14. The summed E-state index contributed by atoms with van der Waals surface area (Å²) < 4.78 is 38.7. The van der Waals surface area contributed by atoms with E-state index in [9.17, 15) is 23.4 Å². The van der Waals surface area contributed by atoms with Crippen molar-refractivity contribution in [3.63, 3.8) is 0 Å². The van der Waals surface area contributed by atoms with Gasteiger partial charge in [-0.3, -0.25) is 4.90 Å². The molecule has 0 saturated carbocycles. The van der Waals surface area contributed by atoms with Gasteiger partial charge < -0.3 is 10.2 Å². The second kappa shape index (κ2) is 6.69. The molecule has 2 N–H and O–H groups in total. The van der Waals surface area contributed by atoms with Gasteiger partial charge in [0.25, 0.3) is 0 Å². The summed E-state index contributed by atoms with van der Waals surface area (Å²) in [5.74, 6) is 0.204. The molecule has 0 aliphatic carbocycles. The first-order valence-corrected chi connectivity index (χ1v) is 8.17. The quantitative estimate of drug-likeness (QED) is 0.882. The second-order valence-corrected chi connectivity index (χ2v) is 6.56. The number of nitrogens with zero attached hydrogens (tertiary/aromatic N) is 1. The number of benzene rings is 2. The molecule has 2 aromatic carbocycles. The van der Waals surface area contributed by atoms with Crippen LogP contribution in [-0.4, -0.2) is 28.2 Å². The summed E-state index contributed by atoms with van der Waals surface area (Å²) in [5, 5.41) is 20.3. The van der Waals surface area contributed by atoms with Gasteiger partial charge in [-0.15, -0.1) is 0 Å². The van der Waals surface area contributed by atoms with E-state index >= 15 is 0 Å². The Hall–Kier alpha value is -2.05. The largest absolute Gasteiger partial charge is 0.508 e. The van der Waals surface area contributed by atoms with Crippen LogP contribution >= 0.6 is 0 Å². The summed E-state index contributed by atoms with van der Waals surface area (Å²) in [6.07, 6.45) is -3.68. The van der Waals surface area contributed by atoms with E-state index in [4.69, 9.17) is 0 Å². The first-order chi connectivity index (χ1) is 11.8. The fourth-order valence-corrected chi connectivity index (χ4v) is 3.27. The van der Waals surface area contributed by atoms with Crippen molar-refractivity contribution in [1.82, 2.24) is 4.90 Å². The Balaban J connectivity index is 1.68. The lowest BCUT2D eigenvalue weighted by molar-refractivity contribution is -0.137.